The molecule has 12 nitrogen and oxygen atoms in total. The summed E-state index contributed by atoms with van der Waals surface area (Å²) in [5.41, 5.74) is 1.55. The average Bonchev–Trinajstić information content (AvgIpc) is 2.98. The van der Waals surface area contributed by atoms with E-state index in [1.807, 2.05) is 0 Å². The average molecular weight is 560 g/mol. The molecule has 2 aromatic carbocycles. The zero-order chi connectivity index (χ0) is 29.8. The van der Waals surface area contributed by atoms with Crippen molar-refractivity contribution in [3.63, 3.8) is 0 Å². The Morgan fingerprint density at radius 1 is 0.902 bits per heavy atom. The molecule has 3 N–H and O–H groups in total. The maximum absolute atomic E-state index is 13.4. The van der Waals surface area contributed by atoms with Crippen LogP contribution in [0, 0.1) is 0 Å². The van der Waals surface area contributed by atoms with Gasteiger partial charge < -0.3 is 25.4 Å². The second-order valence-corrected chi connectivity index (χ2v) is 8.91. The molecule has 3 aromatic rings. The Balaban J connectivity index is 1.87. The third-order valence-electron chi connectivity index (χ3n) is 5.96. The highest BCUT2D eigenvalue weighted by Crippen LogP contribution is 2.29. The zero-order valence-electron chi connectivity index (χ0n) is 22.2. The Labute approximate surface area is 236 Å². The van der Waals surface area contributed by atoms with Gasteiger partial charge in [-0.2, -0.15) is 0 Å². The summed E-state index contributed by atoms with van der Waals surface area (Å²) in [6.45, 7) is -1.11. The van der Waals surface area contributed by atoms with Gasteiger partial charge in [-0.3, -0.25) is 33.9 Å². The fraction of sp³-hybridized carbons (Fsp3) is 0.207. The second-order valence-electron chi connectivity index (χ2n) is 8.91. The molecule has 0 bridgehead atoms. The number of likely N-dealkylation sites (N-methyl/N-ethyl adjacent to an activating group) is 1. The molecule has 0 aliphatic heterocycles. The highest BCUT2D eigenvalue weighted by molar-refractivity contribution is 6.07. The van der Waals surface area contributed by atoms with E-state index in [2.05, 4.69) is 15.6 Å². The van der Waals surface area contributed by atoms with Gasteiger partial charge in [-0.1, -0.05) is 30.3 Å². The van der Waals surface area contributed by atoms with Crippen molar-refractivity contribution >= 4 is 47.3 Å². The van der Waals surface area contributed by atoms with Crippen molar-refractivity contribution in [3.8, 4) is 0 Å². The van der Waals surface area contributed by atoms with Gasteiger partial charge >= 0.3 is 5.97 Å². The van der Waals surface area contributed by atoms with E-state index in [4.69, 9.17) is 5.11 Å². The van der Waals surface area contributed by atoms with E-state index in [9.17, 15) is 28.8 Å². The summed E-state index contributed by atoms with van der Waals surface area (Å²) in [5.74, 6) is -3.61. The lowest BCUT2D eigenvalue weighted by Gasteiger charge is -2.28. The van der Waals surface area contributed by atoms with E-state index in [1.165, 1.54) is 18.0 Å². The molecule has 4 amide bonds. The van der Waals surface area contributed by atoms with Crippen LogP contribution in [0.3, 0.4) is 0 Å². The predicted octanol–water partition coefficient (Wildman–Crippen LogP) is 1.21. The molecule has 0 saturated heterocycles. The van der Waals surface area contributed by atoms with Gasteiger partial charge in [0.25, 0.3) is 5.91 Å². The number of carbonyl (C=O) groups excluding carboxylic acids is 5. The number of aromatic nitrogens is 1. The summed E-state index contributed by atoms with van der Waals surface area (Å²) in [6, 6.07) is 16.7. The smallest absolute Gasteiger partial charge is 0.305 e. The molecule has 3 rings (SSSR count). The topological polar surface area (TPSA) is 166 Å². The van der Waals surface area contributed by atoms with Crippen LogP contribution in [0.4, 0.5) is 11.4 Å². The number of benzene rings is 2. The molecule has 0 aliphatic rings. The lowest BCUT2D eigenvalue weighted by Crippen LogP contribution is -2.48. The molecular weight excluding hydrogens is 530 g/mol. The largest absolute Gasteiger partial charge is 0.481 e. The zero-order valence-corrected chi connectivity index (χ0v) is 22.2. The van der Waals surface area contributed by atoms with E-state index < -0.39 is 49.2 Å². The van der Waals surface area contributed by atoms with Crippen LogP contribution in [-0.4, -0.2) is 72.2 Å². The van der Waals surface area contributed by atoms with Crippen LogP contribution in [0.25, 0.3) is 0 Å². The molecular formula is C29H29N5O7. The summed E-state index contributed by atoms with van der Waals surface area (Å²) in [6.07, 6.45) is 2.83. The van der Waals surface area contributed by atoms with Crippen molar-refractivity contribution in [2.24, 2.45) is 0 Å². The molecule has 1 heterocycles. The van der Waals surface area contributed by atoms with E-state index in [-0.39, 0.29) is 24.3 Å². The van der Waals surface area contributed by atoms with Crippen molar-refractivity contribution in [1.29, 1.82) is 0 Å². The van der Waals surface area contributed by atoms with Gasteiger partial charge in [0.15, 0.2) is 0 Å². The number of para-hydroxylation sites is 2. The first-order valence-corrected chi connectivity index (χ1v) is 12.5. The van der Waals surface area contributed by atoms with Crippen molar-refractivity contribution in [2.45, 2.75) is 18.9 Å². The first kappa shape index (κ1) is 30.2. The number of amides is 4. The monoisotopic (exact) mass is 559 g/mol. The van der Waals surface area contributed by atoms with E-state index >= 15 is 0 Å². The van der Waals surface area contributed by atoms with Gasteiger partial charge in [0.05, 0.1) is 36.8 Å². The van der Waals surface area contributed by atoms with Crippen LogP contribution in [0.2, 0.25) is 0 Å². The number of aliphatic carboxylic acids is 1. The van der Waals surface area contributed by atoms with Gasteiger partial charge in [-0.25, -0.2) is 0 Å². The molecule has 0 aliphatic carbocycles. The van der Waals surface area contributed by atoms with Gasteiger partial charge in [-0.15, -0.1) is 0 Å². The maximum Gasteiger partial charge on any atom is 0.305 e. The fourth-order valence-electron chi connectivity index (χ4n) is 3.87. The van der Waals surface area contributed by atoms with Crippen molar-refractivity contribution in [2.75, 3.05) is 29.9 Å². The van der Waals surface area contributed by atoms with Gasteiger partial charge in [0.1, 0.15) is 12.8 Å². The summed E-state index contributed by atoms with van der Waals surface area (Å²) in [7, 11) is 1.53. The molecule has 1 aromatic heterocycles. The standard InChI is InChI=1S/C29H29N5O7/c1-33(26(37)15-20-11-13-30-14-12-20)23-9-5-6-10-24(23)34(18-25(36)32-22(19-35)16-28(39)40)27(38)17-31-29(41)21-7-3-2-4-8-21/h2-14,19,22H,15-18H2,1H3,(H,31,41)(H,32,36)(H,39,40)/t22-/m0/s1. The maximum atomic E-state index is 13.4. The number of carboxylic acids is 1. The number of rotatable bonds is 13. The van der Waals surface area contributed by atoms with Crippen LogP contribution >= 0.6 is 0 Å². The lowest BCUT2D eigenvalue weighted by molar-refractivity contribution is -0.138. The van der Waals surface area contributed by atoms with Crippen molar-refractivity contribution in [1.82, 2.24) is 15.6 Å². The third kappa shape index (κ3) is 8.82. The van der Waals surface area contributed by atoms with Gasteiger partial charge in [0.2, 0.25) is 17.7 Å². The first-order valence-electron chi connectivity index (χ1n) is 12.5. The number of nitrogens with zero attached hydrogens (tertiary/aromatic N) is 3. The Morgan fingerprint density at radius 2 is 1.54 bits per heavy atom. The molecule has 0 fully saturated rings. The van der Waals surface area contributed by atoms with E-state index in [1.54, 1.807) is 73.1 Å². The molecule has 212 valence electrons. The highest BCUT2D eigenvalue weighted by atomic mass is 16.4. The highest BCUT2D eigenvalue weighted by Gasteiger charge is 2.26. The lowest BCUT2D eigenvalue weighted by atomic mass is 10.1. The number of aldehydes is 1. The predicted molar refractivity (Wildman–Crippen MR) is 149 cm³/mol. The number of carboxylic acid groups (broad SMARTS) is 1. The molecule has 1 atom stereocenters. The van der Waals surface area contributed by atoms with Gasteiger partial charge in [-0.05, 0) is 42.0 Å². The minimum atomic E-state index is -1.31. The Bertz CT molecular complexity index is 1400. The van der Waals surface area contributed by atoms with Crippen LogP contribution in [-0.2, 0) is 30.4 Å². The molecule has 0 unspecified atom stereocenters. The summed E-state index contributed by atoms with van der Waals surface area (Å²) in [5, 5.41) is 13.8. The SMILES string of the molecule is CN(C(=O)Cc1ccncc1)c1ccccc1N(CC(=O)N[C@H](C=O)CC(=O)O)C(=O)CNC(=O)c1ccccc1. The van der Waals surface area contributed by atoms with E-state index in [0.717, 1.165) is 10.5 Å². The number of hydrogen-bond acceptors (Lipinski definition) is 7. The number of nitrogens with one attached hydrogen (secondary N) is 2. The Kier molecular flexibility index (Phi) is 10.8. The van der Waals surface area contributed by atoms with Crippen LogP contribution in [0.1, 0.15) is 22.3 Å². The molecule has 0 saturated carbocycles. The molecule has 12 heteroatoms. The summed E-state index contributed by atoms with van der Waals surface area (Å²) >= 11 is 0. The molecule has 0 spiro atoms. The molecule has 0 radical (unpaired) electrons. The summed E-state index contributed by atoms with van der Waals surface area (Å²) in [4.78, 5) is 80.6. The van der Waals surface area contributed by atoms with Crippen LogP contribution in [0.15, 0.2) is 79.1 Å². The van der Waals surface area contributed by atoms with E-state index in [0.29, 0.717) is 11.3 Å². The summed E-state index contributed by atoms with van der Waals surface area (Å²) < 4.78 is 0. The second kappa shape index (κ2) is 14.7. The fourth-order valence-corrected chi connectivity index (χ4v) is 3.87. The Morgan fingerprint density at radius 3 is 2.17 bits per heavy atom. The quantitative estimate of drug-likeness (QED) is 0.263. The third-order valence-corrected chi connectivity index (χ3v) is 5.96. The number of hydrogen-bond donors (Lipinski definition) is 3. The first-order chi connectivity index (χ1) is 19.7. The molecule has 41 heavy (non-hydrogen) atoms. The van der Waals surface area contributed by atoms with Crippen molar-refractivity contribution in [3.05, 3.63) is 90.3 Å². The minimum Gasteiger partial charge on any atom is -0.481 e. The number of anilines is 2. The number of pyridine rings is 1. The van der Waals surface area contributed by atoms with Crippen LogP contribution in [0.5, 0.6) is 0 Å². The minimum absolute atomic E-state index is 0.0467. The van der Waals surface area contributed by atoms with Crippen molar-refractivity contribution < 1.29 is 33.9 Å². The van der Waals surface area contributed by atoms with Crippen LogP contribution < -0.4 is 20.4 Å². The Hall–Kier alpha value is -5.39. The number of carbonyl (C=O) groups is 6. The normalized spacial score (nSPS) is 11.0. The van der Waals surface area contributed by atoms with Gasteiger partial charge in [0, 0.05) is 25.0 Å².